The van der Waals surface area contributed by atoms with Gasteiger partial charge < -0.3 is 15.5 Å². The van der Waals surface area contributed by atoms with Crippen LogP contribution in [0.3, 0.4) is 0 Å². The molecule has 5 nitrogen and oxygen atoms in total. The molecule has 1 rings (SSSR count). The molecule has 0 aromatic heterocycles. The summed E-state index contributed by atoms with van der Waals surface area (Å²) in [6, 6.07) is -0.400. The summed E-state index contributed by atoms with van der Waals surface area (Å²) in [6.45, 7) is 6.47. The number of nitrogens with zero attached hydrogens (tertiary/aromatic N) is 2. The van der Waals surface area contributed by atoms with E-state index in [9.17, 15) is 9.59 Å². The van der Waals surface area contributed by atoms with Crippen molar-refractivity contribution in [3.05, 3.63) is 0 Å². The minimum Gasteiger partial charge on any atom is -0.341 e. The van der Waals surface area contributed by atoms with Crippen LogP contribution in [-0.2, 0) is 9.59 Å². The lowest BCUT2D eigenvalue weighted by Gasteiger charge is -2.24. The number of carbonyl (C=O) groups excluding carboxylic acids is 2. The first-order chi connectivity index (χ1) is 8.10. The summed E-state index contributed by atoms with van der Waals surface area (Å²) in [5, 5.41) is 0. The molecule has 17 heavy (non-hydrogen) atoms. The standard InChI is InChI=1S/C12H23N3O2/c1-3-10(13)12(17)15-7-5-6-14(8-9-15)11(16)4-2/h10H,3-9,13H2,1-2H3/t10-/m1/s1. The van der Waals surface area contributed by atoms with E-state index < -0.39 is 6.04 Å². The third kappa shape index (κ3) is 3.70. The van der Waals surface area contributed by atoms with Gasteiger partial charge in [0.25, 0.3) is 0 Å². The Morgan fingerprint density at radius 2 is 1.71 bits per heavy atom. The molecule has 2 amide bonds. The lowest BCUT2D eigenvalue weighted by Crippen LogP contribution is -2.45. The molecule has 0 aromatic rings. The number of carbonyl (C=O) groups is 2. The van der Waals surface area contributed by atoms with E-state index in [0.717, 1.165) is 13.0 Å². The van der Waals surface area contributed by atoms with Crippen molar-refractivity contribution >= 4 is 11.8 Å². The van der Waals surface area contributed by atoms with E-state index in [4.69, 9.17) is 5.73 Å². The van der Waals surface area contributed by atoms with E-state index in [-0.39, 0.29) is 11.8 Å². The summed E-state index contributed by atoms with van der Waals surface area (Å²) < 4.78 is 0. The van der Waals surface area contributed by atoms with E-state index in [0.29, 0.717) is 32.5 Å². The second kappa shape index (κ2) is 6.59. The molecule has 1 heterocycles. The van der Waals surface area contributed by atoms with Gasteiger partial charge in [-0.3, -0.25) is 9.59 Å². The summed E-state index contributed by atoms with van der Waals surface area (Å²) in [7, 11) is 0. The molecular formula is C12H23N3O2. The number of nitrogens with two attached hydrogens (primary N) is 1. The summed E-state index contributed by atoms with van der Waals surface area (Å²) >= 11 is 0. The van der Waals surface area contributed by atoms with Crippen LogP contribution in [0.4, 0.5) is 0 Å². The van der Waals surface area contributed by atoms with Crippen molar-refractivity contribution in [1.29, 1.82) is 0 Å². The molecule has 0 radical (unpaired) electrons. The Morgan fingerprint density at radius 3 is 2.29 bits per heavy atom. The normalized spacial score (nSPS) is 18.8. The third-order valence-corrected chi connectivity index (χ3v) is 3.22. The summed E-state index contributed by atoms with van der Waals surface area (Å²) in [6.07, 6.45) is 2.03. The van der Waals surface area contributed by atoms with E-state index in [2.05, 4.69) is 0 Å². The fourth-order valence-electron chi connectivity index (χ4n) is 2.02. The minimum atomic E-state index is -0.400. The van der Waals surface area contributed by atoms with Gasteiger partial charge in [-0.1, -0.05) is 13.8 Å². The average Bonchev–Trinajstić information content (AvgIpc) is 2.61. The second-order valence-electron chi connectivity index (χ2n) is 4.43. The molecule has 5 heteroatoms. The minimum absolute atomic E-state index is 0.0123. The lowest BCUT2D eigenvalue weighted by molar-refractivity contribution is -0.134. The molecule has 2 N–H and O–H groups in total. The Bertz CT molecular complexity index is 281. The zero-order chi connectivity index (χ0) is 12.8. The van der Waals surface area contributed by atoms with Gasteiger partial charge in [-0.25, -0.2) is 0 Å². The highest BCUT2D eigenvalue weighted by Crippen LogP contribution is 2.07. The van der Waals surface area contributed by atoms with Gasteiger partial charge in [-0.05, 0) is 12.8 Å². The molecule has 1 atom stereocenters. The van der Waals surface area contributed by atoms with Gasteiger partial charge in [-0.15, -0.1) is 0 Å². The molecule has 1 saturated heterocycles. The monoisotopic (exact) mass is 241 g/mol. The van der Waals surface area contributed by atoms with Gasteiger partial charge >= 0.3 is 0 Å². The van der Waals surface area contributed by atoms with Gasteiger partial charge in [0.15, 0.2) is 0 Å². The molecule has 1 aliphatic rings. The predicted molar refractivity (Wildman–Crippen MR) is 66.3 cm³/mol. The van der Waals surface area contributed by atoms with Gasteiger partial charge in [0.1, 0.15) is 0 Å². The first kappa shape index (κ1) is 14.0. The van der Waals surface area contributed by atoms with Gasteiger partial charge in [0.2, 0.25) is 11.8 Å². The van der Waals surface area contributed by atoms with Crippen molar-refractivity contribution in [2.75, 3.05) is 26.2 Å². The maximum Gasteiger partial charge on any atom is 0.239 e. The molecule has 1 aliphatic heterocycles. The van der Waals surface area contributed by atoms with Crippen LogP contribution < -0.4 is 5.73 Å². The number of hydrogen-bond acceptors (Lipinski definition) is 3. The van der Waals surface area contributed by atoms with E-state index in [1.807, 2.05) is 18.7 Å². The average molecular weight is 241 g/mol. The Morgan fingerprint density at radius 1 is 1.12 bits per heavy atom. The molecule has 1 fully saturated rings. The molecule has 0 unspecified atom stereocenters. The first-order valence-corrected chi connectivity index (χ1v) is 6.42. The SMILES string of the molecule is CCC(=O)N1CCCN(C(=O)[C@H](N)CC)CC1. The smallest absolute Gasteiger partial charge is 0.239 e. The van der Waals surface area contributed by atoms with Crippen LogP contribution in [0, 0.1) is 0 Å². The largest absolute Gasteiger partial charge is 0.341 e. The maximum absolute atomic E-state index is 11.9. The molecule has 0 aliphatic carbocycles. The fourth-order valence-corrected chi connectivity index (χ4v) is 2.02. The maximum atomic E-state index is 11.9. The lowest BCUT2D eigenvalue weighted by atomic mass is 10.2. The van der Waals surface area contributed by atoms with Crippen LogP contribution >= 0.6 is 0 Å². The highest BCUT2D eigenvalue weighted by molar-refractivity contribution is 5.81. The van der Waals surface area contributed by atoms with E-state index in [1.54, 1.807) is 4.90 Å². The zero-order valence-corrected chi connectivity index (χ0v) is 10.8. The number of hydrogen-bond donors (Lipinski definition) is 1. The summed E-state index contributed by atoms with van der Waals surface area (Å²) in [5.41, 5.74) is 5.75. The second-order valence-corrected chi connectivity index (χ2v) is 4.43. The first-order valence-electron chi connectivity index (χ1n) is 6.42. The topological polar surface area (TPSA) is 66.6 Å². The molecule has 98 valence electrons. The molecule has 0 saturated carbocycles. The molecule has 0 aromatic carbocycles. The molecular weight excluding hydrogens is 218 g/mol. The fraction of sp³-hybridized carbons (Fsp3) is 0.833. The van der Waals surface area contributed by atoms with Crippen LogP contribution in [0.2, 0.25) is 0 Å². The number of amides is 2. The highest BCUT2D eigenvalue weighted by Gasteiger charge is 2.23. The molecule has 0 bridgehead atoms. The third-order valence-electron chi connectivity index (χ3n) is 3.22. The van der Waals surface area contributed by atoms with E-state index in [1.165, 1.54) is 0 Å². The Balaban J connectivity index is 2.53. The summed E-state index contributed by atoms with van der Waals surface area (Å²) in [4.78, 5) is 27.1. The van der Waals surface area contributed by atoms with Crippen molar-refractivity contribution in [1.82, 2.24) is 9.80 Å². The van der Waals surface area contributed by atoms with Crippen molar-refractivity contribution in [2.24, 2.45) is 5.73 Å². The van der Waals surface area contributed by atoms with Crippen LogP contribution in [-0.4, -0.2) is 53.8 Å². The zero-order valence-electron chi connectivity index (χ0n) is 10.8. The van der Waals surface area contributed by atoms with Crippen molar-refractivity contribution in [2.45, 2.75) is 39.2 Å². The number of rotatable bonds is 3. The predicted octanol–water partition coefficient (Wildman–Crippen LogP) is 0.195. The van der Waals surface area contributed by atoms with Crippen molar-refractivity contribution in [3.8, 4) is 0 Å². The van der Waals surface area contributed by atoms with Gasteiger partial charge in [0, 0.05) is 32.6 Å². The Labute approximate surface area is 103 Å². The van der Waals surface area contributed by atoms with Gasteiger partial charge in [-0.2, -0.15) is 0 Å². The van der Waals surface area contributed by atoms with Crippen LogP contribution in [0.25, 0.3) is 0 Å². The van der Waals surface area contributed by atoms with Crippen LogP contribution in [0.5, 0.6) is 0 Å². The van der Waals surface area contributed by atoms with Crippen molar-refractivity contribution < 1.29 is 9.59 Å². The molecule has 0 spiro atoms. The van der Waals surface area contributed by atoms with Gasteiger partial charge in [0.05, 0.1) is 6.04 Å². The quantitative estimate of drug-likeness (QED) is 0.767. The van der Waals surface area contributed by atoms with Crippen LogP contribution in [0.15, 0.2) is 0 Å². The highest BCUT2D eigenvalue weighted by atomic mass is 16.2. The Hall–Kier alpha value is -1.10. The van der Waals surface area contributed by atoms with Crippen molar-refractivity contribution in [3.63, 3.8) is 0 Å². The Kier molecular flexibility index (Phi) is 5.41. The summed E-state index contributed by atoms with van der Waals surface area (Å²) in [5.74, 6) is 0.178. The van der Waals surface area contributed by atoms with Crippen LogP contribution in [0.1, 0.15) is 33.1 Å². The van der Waals surface area contributed by atoms with E-state index >= 15 is 0 Å².